The normalized spacial score (nSPS) is 12.9. The van der Waals surface area contributed by atoms with Gasteiger partial charge in [0.25, 0.3) is 0 Å². The van der Waals surface area contributed by atoms with Gasteiger partial charge in [-0.1, -0.05) is 19.1 Å². The van der Waals surface area contributed by atoms with Gasteiger partial charge in [0.15, 0.2) is 5.25 Å². The molecule has 0 spiro atoms. The summed E-state index contributed by atoms with van der Waals surface area (Å²) < 4.78 is 25.7. The molecule has 1 rings (SSSR count). The number of sulfonamides is 1. The van der Waals surface area contributed by atoms with Crippen molar-refractivity contribution >= 4 is 16.0 Å². The van der Waals surface area contributed by atoms with Crippen LogP contribution in [0.3, 0.4) is 0 Å². The highest BCUT2D eigenvalue weighted by Gasteiger charge is 2.33. The Morgan fingerprint density at radius 1 is 1.38 bits per heavy atom. The first-order valence-electron chi connectivity index (χ1n) is 6.53. The Morgan fingerprint density at radius 3 is 2.38 bits per heavy atom. The highest BCUT2D eigenvalue weighted by atomic mass is 32.2. The molecule has 0 saturated heterocycles. The molecule has 1 atom stereocenters. The molecule has 1 aromatic carbocycles. The Bertz CT molecular complexity index is 632. The predicted octanol–water partition coefficient (Wildman–Crippen LogP) is 1.57. The Kier molecular flexibility index (Phi) is 5.88. The molecular formula is C14H18N2O4S. The smallest absolute Gasteiger partial charge is 0.323 e. The number of nitrogens with zero attached hydrogens (tertiary/aromatic N) is 2. The minimum Gasteiger partial charge on any atom is -0.480 e. The molecule has 0 saturated carbocycles. The van der Waals surface area contributed by atoms with Gasteiger partial charge in [-0.2, -0.15) is 9.57 Å². The number of benzene rings is 1. The fraction of sp³-hybridized carbons (Fsp3) is 0.429. The van der Waals surface area contributed by atoms with E-state index in [-0.39, 0.29) is 13.1 Å². The van der Waals surface area contributed by atoms with Gasteiger partial charge in [0, 0.05) is 13.1 Å². The van der Waals surface area contributed by atoms with E-state index in [0.29, 0.717) is 17.5 Å². The lowest BCUT2D eigenvalue weighted by atomic mass is 10.1. The Hall–Kier alpha value is -1.91. The third-order valence-corrected chi connectivity index (χ3v) is 5.20. The van der Waals surface area contributed by atoms with Gasteiger partial charge >= 0.3 is 5.97 Å². The van der Waals surface area contributed by atoms with E-state index >= 15 is 0 Å². The van der Waals surface area contributed by atoms with Crippen molar-refractivity contribution in [2.24, 2.45) is 0 Å². The molecule has 0 fully saturated rings. The van der Waals surface area contributed by atoms with Crippen LogP contribution in [0.2, 0.25) is 0 Å². The van der Waals surface area contributed by atoms with Crippen LogP contribution in [-0.4, -0.2) is 35.6 Å². The zero-order valence-corrected chi connectivity index (χ0v) is 12.8. The van der Waals surface area contributed by atoms with Crippen LogP contribution in [0.1, 0.15) is 31.4 Å². The minimum absolute atomic E-state index is 0.0967. The van der Waals surface area contributed by atoms with E-state index in [4.69, 9.17) is 10.4 Å². The van der Waals surface area contributed by atoms with Crippen LogP contribution in [0.25, 0.3) is 0 Å². The molecule has 0 aliphatic carbocycles. The number of hydrogen-bond donors (Lipinski definition) is 1. The summed E-state index contributed by atoms with van der Waals surface area (Å²) in [5.41, 5.74) is 1.20. The van der Waals surface area contributed by atoms with Crippen LogP contribution in [0, 0.1) is 11.3 Å². The number of carboxylic acid groups (broad SMARTS) is 1. The van der Waals surface area contributed by atoms with E-state index in [1.165, 1.54) is 11.2 Å². The summed E-state index contributed by atoms with van der Waals surface area (Å²) in [5, 5.41) is 16.2. The number of carbonyl (C=O) groups is 1. The van der Waals surface area contributed by atoms with Gasteiger partial charge in [-0.05, 0) is 31.0 Å². The lowest BCUT2D eigenvalue weighted by molar-refractivity contribution is -0.136. The molecule has 0 aliphatic rings. The summed E-state index contributed by atoms with van der Waals surface area (Å²) in [5.74, 6) is -1.36. The summed E-state index contributed by atoms with van der Waals surface area (Å²) in [6.07, 6.45) is 0.585. The van der Waals surface area contributed by atoms with E-state index in [2.05, 4.69) is 0 Å². The largest absolute Gasteiger partial charge is 0.480 e. The maximum atomic E-state index is 12.3. The van der Waals surface area contributed by atoms with Gasteiger partial charge in [-0.25, -0.2) is 8.42 Å². The van der Waals surface area contributed by atoms with Crippen molar-refractivity contribution in [1.29, 1.82) is 5.26 Å². The average molecular weight is 310 g/mol. The van der Waals surface area contributed by atoms with Gasteiger partial charge < -0.3 is 5.11 Å². The van der Waals surface area contributed by atoms with Gasteiger partial charge in [0.1, 0.15) is 0 Å². The van der Waals surface area contributed by atoms with Gasteiger partial charge in [0.05, 0.1) is 11.6 Å². The second kappa shape index (κ2) is 7.20. The number of rotatable bonds is 7. The van der Waals surface area contributed by atoms with Crippen LogP contribution < -0.4 is 0 Å². The molecule has 0 aromatic heterocycles. The fourth-order valence-corrected chi connectivity index (χ4v) is 3.25. The predicted molar refractivity (Wildman–Crippen MR) is 77.9 cm³/mol. The number of nitriles is 1. The van der Waals surface area contributed by atoms with Crippen molar-refractivity contribution in [3.63, 3.8) is 0 Å². The topological polar surface area (TPSA) is 98.5 Å². The molecule has 21 heavy (non-hydrogen) atoms. The Balaban J connectivity index is 3.01. The van der Waals surface area contributed by atoms with Crippen LogP contribution in [0.5, 0.6) is 0 Å². The van der Waals surface area contributed by atoms with Crippen molar-refractivity contribution in [1.82, 2.24) is 4.31 Å². The molecular weight excluding hydrogens is 292 g/mol. The molecule has 6 nitrogen and oxygen atoms in total. The monoisotopic (exact) mass is 310 g/mol. The van der Waals surface area contributed by atoms with Crippen LogP contribution in [-0.2, 0) is 21.4 Å². The third kappa shape index (κ3) is 4.28. The standard InChI is InChI=1S/C14H18N2O4S/c1-3-8-16(21(19,20)11(2)14(17)18)10-13-6-4-12(9-15)5-7-13/h4-7,11H,3,8,10H2,1-2H3,(H,17,18). The van der Waals surface area contributed by atoms with Crippen LogP contribution in [0.4, 0.5) is 0 Å². The maximum absolute atomic E-state index is 12.3. The quantitative estimate of drug-likeness (QED) is 0.824. The van der Waals surface area contributed by atoms with Gasteiger partial charge in [-0.3, -0.25) is 4.79 Å². The third-order valence-electron chi connectivity index (χ3n) is 3.07. The van der Waals surface area contributed by atoms with Crippen molar-refractivity contribution in [3.8, 4) is 6.07 Å². The van der Waals surface area contributed by atoms with Gasteiger partial charge in [-0.15, -0.1) is 0 Å². The van der Waals surface area contributed by atoms with E-state index < -0.39 is 21.2 Å². The lowest BCUT2D eigenvalue weighted by Crippen LogP contribution is -2.41. The highest BCUT2D eigenvalue weighted by Crippen LogP contribution is 2.15. The molecule has 0 heterocycles. The van der Waals surface area contributed by atoms with Crippen molar-refractivity contribution in [3.05, 3.63) is 35.4 Å². The van der Waals surface area contributed by atoms with Crippen LogP contribution >= 0.6 is 0 Å². The highest BCUT2D eigenvalue weighted by molar-refractivity contribution is 7.90. The minimum atomic E-state index is -3.91. The molecule has 114 valence electrons. The molecule has 1 N–H and O–H groups in total. The summed E-state index contributed by atoms with van der Waals surface area (Å²) in [6, 6.07) is 8.53. The molecule has 0 bridgehead atoms. The number of carboxylic acids is 1. The fourth-order valence-electron chi connectivity index (χ4n) is 1.79. The molecule has 1 unspecified atom stereocenters. The van der Waals surface area contributed by atoms with E-state index in [9.17, 15) is 13.2 Å². The average Bonchev–Trinajstić information content (AvgIpc) is 2.46. The Labute approximate surface area is 124 Å². The molecule has 1 aromatic rings. The second-order valence-electron chi connectivity index (χ2n) is 4.67. The van der Waals surface area contributed by atoms with E-state index in [0.717, 1.165) is 0 Å². The Morgan fingerprint density at radius 2 is 1.95 bits per heavy atom. The molecule has 7 heteroatoms. The zero-order chi connectivity index (χ0) is 16.0. The van der Waals surface area contributed by atoms with Crippen molar-refractivity contribution in [2.45, 2.75) is 32.1 Å². The second-order valence-corrected chi connectivity index (χ2v) is 6.92. The molecule has 0 radical (unpaired) electrons. The summed E-state index contributed by atoms with van der Waals surface area (Å²) in [7, 11) is -3.91. The first kappa shape index (κ1) is 17.1. The van der Waals surface area contributed by atoms with E-state index in [1.54, 1.807) is 24.3 Å². The zero-order valence-electron chi connectivity index (χ0n) is 12.0. The lowest BCUT2D eigenvalue weighted by Gasteiger charge is -2.23. The summed E-state index contributed by atoms with van der Waals surface area (Å²) in [6.45, 7) is 3.34. The first-order chi connectivity index (χ1) is 9.82. The van der Waals surface area contributed by atoms with Gasteiger partial charge in [0.2, 0.25) is 10.0 Å². The SMILES string of the molecule is CCCN(Cc1ccc(C#N)cc1)S(=O)(=O)C(C)C(=O)O. The van der Waals surface area contributed by atoms with Crippen LogP contribution in [0.15, 0.2) is 24.3 Å². The first-order valence-corrected chi connectivity index (χ1v) is 8.04. The molecule has 0 amide bonds. The number of hydrogen-bond acceptors (Lipinski definition) is 4. The van der Waals surface area contributed by atoms with Crippen molar-refractivity contribution < 1.29 is 18.3 Å². The summed E-state index contributed by atoms with van der Waals surface area (Å²) in [4.78, 5) is 10.9. The summed E-state index contributed by atoms with van der Waals surface area (Å²) >= 11 is 0. The van der Waals surface area contributed by atoms with E-state index in [1.807, 2.05) is 13.0 Å². The number of aliphatic carboxylic acids is 1. The van der Waals surface area contributed by atoms with Crippen molar-refractivity contribution in [2.75, 3.05) is 6.54 Å². The molecule has 0 aliphatic heterocycles. The maximum Gasteiger partial charge on any atom is 0.323 e.